The number of halogens is 4. The van der Waals surface area contributed by atoms with Crippen LogP contribution in [0.5, 0.6) is 0 Å². The summed E-state index contributed by atoms with van der Waals surface area (Å²) in [5, 5.41) is 6.91. The van der Waals surface area contributed by atoms with E-state index in [2.05, 4.69) is 20.6 Å². The smallest absolute Gasteiger partial charge is 0.351 e. The quantitative estimate of drug-likeness (QED) is 0.780. The van der Waals surface area contributed by atoms with Gasteiger partial charge in [-0.05, 0) is 44.7 Å². The molecule has 1 aromatic heterocycles. The number of benzene rings is 1. The summed E-state index contributed by atoms with van der Waals surface area (Å²) in [6.07, 6.45) is 1.28. The molecule has 1 aromatic carbocycles. The molecule has 2 fully saturated rings. The topological polar surface area (TPSA) is 49.8 Å². The summed E-state index contributed by atoms with van der Waals surface area (Å²) in [5.41, 5.74) is -0.0478. The minimum atomic E-state index is -4.58. The molecule has 2 aromatic rings. The van der Waals surface area contributed by atoms with E-state index in [9.17, 15) is 17.6 Å². The maximum Gasteiger partial charge on any atom is 0.416 e. The molecule has 0 amide bonds. The maximum atomic E-state index is 14.2. The number of fused-ring (bicyclic) bond motifs is 2. The second-order valence-corrected chi connectivity index (χ2v) is 7.34. The van der Waals surface area contributed by atoms with Crippen LogP contribution in [-0.4, -0.2) is 28.1 Å². The summed E-state index contributed by atoms with van der Waals surface area (Å²) >= 11 is 0. The van der Waals surface area contributed by atoms with Gasteiger partial charge in [0, 0.05) is 35.4 Å². The third kappa shape index (κ3) is 3.76. The van der Waals surface area contributed by atoms with Gasteiger partial charge in [-0.2, -0.15) is 13.2 Å². The Labute approximate surface area is 154 Å². The second-order valence-electron chi connectivity index (χ2n) is 7.34. The Morgan fingerprint density at radius 2 is 1.81 bits per heavy atom. The Bertz CT molecular complexity index is 840. The summed E-state index contributed by atoms with van der Waals surface area (Å²) in [7, 11) is 0. The van der Waals surface area contributed by atoms with E-state index in [1.807, 2.05) is 0 Å². The van der Waals surface area contributed by atoms with Gasteiger partial charge in [0.25, 0.3) is 0 Å². The first-order chi connectivity index (χ1) is 12.8. The van der Waals surface area contributed by atoms with Crippen molar-refractivity contribution in [2.45, 2.75) is 56.9 Å². The van der Waals surface area contributed by atoms with E-state index in [1.54, 1.807) is 6.92 Å². The molecule has 144 valence electrons. The lowest BCUT2D eigenvalue weighted by molar-refractivity contribution is -0.137. The van der Waals surface area contributed by atoms with E-state index in [-0.39, 0.29) is 11.6 Å². The van der Waals surface area contributed by atoms with Gasteiger partial charge in [-0.25, -0.2) is 14.4 Å². The van der Waals surface area contributed by atoms with E-state index in [4.69, 9.17) is 0 Å². The highest BCUT2D eigenvalue weighted by Crippen LogP contribution is 2.34. The van der Waals surface area contributed by atoms with Crippen LogP contribution < -0.4 is 10.6 Å². The highest BCUT2D eigenvalue weighted by Gasteiger charge is 2.34. The maximum absolute atomic E-state index is 14.2. The summed E-state index contributed by atoms with van der Waals surface area (Å²) in [4.78, 5) is 8.66. The van der Waals surface area contributed by atoms with Crippen molar-refractivity contribution in [3.05, 3.63) is 41.5 Å². The standard InChI is InChI=1S/C19H20F4N4/c1-10-16(15-5-2-11(6-17(15)20)19(21,22)23)9-24-18(25-10)27-14-7-12-3-4-13(8-14)26-12/h2,5-6,9,12-14,26H,3-4,7-8H2,1H3,(H,24,25,27)/t12-,13+,14-. The van der Waals surface area contributed by atoms with E-state index in [0.717, 1.165) is 25.0 Å². The van der Waals surface area contributed by atoms with Gasteiger partial charge in [0.05, 0.1) is 11.3 Å². The summed E-state index contributed by atoms with van der Waals surface area (Å²) in [5.74, 6) is -0.470. The van der Waals surface area contributed by atoms with Crippen molar-refractivity contribution >= 4 is 5.95 Å². The minimum Gasteiger partial charge on any atom is -0.351 e. The fourth-order valence-electron chi connectivity index (χ4n) is 4.07. The molecule has 3 atom stereocenters. The second kappa shape index (κ2) is 6.74. The van der Waals surface area contributed by atoms with Crippen LogP contribution in [0.3, 0.4) is 0 Å². The zero-order chi connectivity index (χ0) is 19.2. The van der Waals surface area contributed by atoms with Crippen molar-refractivity contribution in [1.29, 1.82) is 0 Å². The molecule has 4 nitrogen and oxygen atoms in total. The molecule has 0 radical (unpaired) electrons. The van der Waals surface area contributed by atoms with Crippen LogP contribution in [0.1, 0.15) is 36.9 Å². The molecule has 0 unspecified atom stereocenters. The molecule has 2 saturated heterocycles. The van der Waals surface area contributed by atoms with Crippen LogP contribution in [0.2, 0.25) is 0 Å². The molecular formula is C19H20F4N4. The van der Waals surface area contributed by atoms with Gasteiger partial charge in [0.1, 0.15) is 5.82 Å². The number of piperidine rings is 1. The predicted octanol–water partition coefficient (Wildman–Crippen LogP) is 4.30. The lowest BCUT2D eigenvalue weighted by Gasteiger charge is -2.29. The molecule has 2 aliphatic rings. The molecule has 2 bridgehead atoms. The number of aryl methyl sites for hydroxylation is 1. The fraction of sp³-hybridized carbons (Fsp3) is 0.474. The van der Waals surface area contributed by atoms with Crippen molar-refractivity contribution in [2.75, 3.05) is 5.32 Å². The summed E-state index contributed by atoms with van der Waals surface area (Å²) in [6, 6.07) is 3.85. The number of aromatic nitrogens is 2. The van der Waals surface area contributed by atoms with E-state index in [1.165, 1.54) is 19.0 Å². The Hall–Kier alpha value is -2.22. The van der Waals surface area contributed by atoms with Crippen molar-refractivity contribution < 1.29 is 17.6 Å². The molecular weight excluding hydrogens is 360 g/mol. The van der Waals surface area contributed by atoms with Crippen LogP contribution in [-0.2, 0) is 6.18 Å². The van der Waals surface area contributed by atoms with E-state index >= 15 is 0 Å². The predicted molar refractivity (Wildman–Crippen MR) is 93.8 cm³/mol. The lowest BCUT2D eigenvalue weighted by atomic mass is 10.00. The Morgan fingerprint density at radius 3 is 2.41 bits per heavy atom. The molecule has 3 heterocycles. The molecule has 0 aliphatic carbocycles. The average Bonchev–Trinajstić information content (AvgIpc) is 2.93. The van der Waals surface area contributed by atoms with Gasteiger partial charge in [0.2, 0.25) is 5.95 Å². The highest BCUT2D eigenvalue weighted by molar-refractivity contribution is 5.66. The van der Waals surface area contributed by atoms with Crippen LogP contribution in [0.15, 0.2) is 24.4 Å². The number of nitrogens with one attached hydrogen (secondary N) is 2. The number of anilines is 1. The highest BCUT2D eigenvalue weighted by atomic mass is 19.4. The van der Waals surface area contributed by atoms with Crippen LogP contribution in [0, 0.1) is 12.7 Å². The number of nitrogens with zero attached hydrogens (tertiary/aromatic N) is 2. The fourth-order valence-corrected chi connectivity index (χ4v) is 4.07. The monoisotopic (exact) mass is 380 g/mol. The Balaban J connectivity index is 1.53. The van der Waals surface area contributed by atoms with E-state index in [0.29, 0.717) is 35.4 Å². The number of alkyl halides is 3. The van der Waals surface area contributed by atoms with Gasteiger partial charge in [-0.3, -0.25) is 0 Å². The molecule has 8 heteroatoms. The molecule has 27 heavy (non-hydrogen) atoms. The zero-order valence-electron chi connectivity index (χ0n) is 14.8. The van der Waals surface area contributed by atoms with Crippen molar-refractivity contribution in [3.8, 4) is 11.1 Å². The molecule has 2 aliphatic heterocycles. The summed E-state index contributed by atoms with van der Waals surface area (Å²) < 4.78 is 52.4. The molecule has 4 rings (SSSR count). The van der Waals surface area contributed by atoms with Crippen molar-refractivity contribution in [2.24, 2.45) is 0 Å². The first-order valence-corrected chi connectivity index (χ1v) is 9.03. The normalized spacial score (nSPS) is 24.9. The van der Waals surface area contributed by atoms with Crippen molar-refractivity contribution in [1.82, 2.24) is 15.3 Å². The zero-order valence-corrected chi connectivity index (χ0v) is 14.8. The largest absolute Gasteiger partial charge is 0.416 e. The Kier molecular flexibility index (Phi) is 4.53. The van der Waals surface area contributed by atoms with Gasteiger partial charge < -0.3 is 10.6 Å². The number of hydrogen-bond donors (Lipinski definition) is 2. The number of hydrogen-bond acceptors (Lipinski definition) is 4. The Morgan fingerprint density at radius 1 is 1.11 bits per heavy atom. The molecule has 0 saturated carbocycles. The van der Waals surface area contributed by atoms with Gasteiger partial charge in [-0.1, -0.05) is 6.07 Å². The van der Waals surface area contributed by atoms with Gasteiger partial charge >= 0.3 is 6.18 Å². The third-order valence-corrected chi connectivity index (χ3v) is 5.37. The van der Waals surface area contributed by atoms with E-state index < -0.39 is 17.6 Å². The first kappa shape index (κ1) is 18.2. The van der Waals surface area contributed by atoms with Crippen LogP contribution in [0.4, 0.5) is 23.5 Å². The van der Waals surface area contributed by atoms with Gasteiger partial charge in [0.15, 0.2) is 0 Å². The average molecular weight is 380 g/mol. The SMILES string of the molecule is Cc1nc(N[C@@H]2C[C@H]3CC[C@@H](C2)N3)ncc1-c1ccc(C(F)(F)F)cc1F. The minimum absolute atomic E-state index is 0.0620. The number of rotatable bonds is 3. The van der Waals surface area contributed by atoms with Crippen LogP contribution in [0.25, 0.3) is 11.1 Å². The van der Waals surface area contributed by atoms with Crippen LogP contribution >= 0.6 is 0 Å². The van der Waals surface area contributed by atoms with Gasteiger partial charge in [-0.15, -0.1) is 0 Å². The molecule has 2 N–H and O–H groups in total. The lowest BCUT2D eigenvalue weighted by Crippen LogP contribution is -2.43. The molecule has 0 spiro atoms. The third-order valence-electron chi connectivity index (χ3n) is 5.37. The first-order valence-electron chi connectivity index (χ1n) is 9.03. The van der Waals surface area contributed by atoms with Crippen molar-refractivity contribution in [3.63, 3.8) is 0 Å². The summed E-state index contributed by atoms with van der Waals surface area (Å²) in [6.45, 7) is 1.70.